The van der Waals surface area contributed by atoms with Crippen LogP contribution in [0.5, 0.6) is 0 Å². The van der Waals surface area contributed by atoms with Gasteiger partial charge >= 0.3 is 5.97 Å². The van der Waals surface area contributed by atoms with E-state index in [9.17, 15) is 18.0 Å². The first-order chi connectivity index (χ1) is 14.8. The number of nitrogens with zero attached hydrogens (tertiary/aromatic N) is 3. The number of nitrogens with one attached hydrogen (secondary N) is 2. The van der Waals surface area contributed by atoms with Gasteiger partial charge in [0, 0.05) is 17.1 Å². The van der Waals surface area contributed by atoms with Gasteiger partial charge in [-0.15, -0.1) is 0 Å². The van der Waals surface area contributed by atoms with Crippen LogP contribution in [-0.4, -0.2) is 46.6 Å². The molecule has 0 radical (unpaired) electrons. The van der Waals surface area contributed by atoms with Gasteiger partial charge in [-0.05, 0) is 39.8 Å². The largest absolute Gasteiger partial charge is 0.459 e. The van der Waals surface area contributed by atoms with Crippen molar-refractivity contribution in [1.29, 1.82) is 0 Å². The van der Waals surface area contributed by atoms with Gasteiger partial charge in [-0.3, -0.25) is 14.3 Å². The Morgan fingerprint density at radius 1 is 1.12 bits per heavy atom. The maximum atomic E-state index is 12.4. The van der Waals surface area contributed by atoms with Crippen LogP contribution in [0.15, 0.2) is 37.1 Å². The van der Waals surface area contributed by atoms with Crippen molar-refractivity contribution >= 4 is 49.7 Å². The van der Waals surface area contributed by atoms with E-state index in [1.165, 1.54) is 25.6 Å². The number of carbonyl (C=O) groups is 2. The van der Waals surface area contributed by atoms with Crippen LogP contribution in [0.1, 0.15) is 38.1 Å². The second-order valence-corrected chi connectivity index (χ2v) is 10.1. The third-order valence-corrected chi connectivity index (χ3v) is 4.84. The molecule has 0 saturated carbocycles. The first kappa shape index (κ1) is 23.2. The van der Waals surface area contributed by atoms with E-state index in [0.29, 0.717) is 27.8 Å². The highest BCUT2D eigenvalue weighted by Crippen LogP contribution is 2.34. The van der Waals surface area contributed by atoms with E-state index in [1.807, 2.05) is 0 Å². The fourth-order valence-electron chi connectivity index (χ4n) is 3.17. The second kappa shape index (κ2) is 8.58. The maximum Gasteiger partial charge on any atom is 0.326 e. The smallest absolute Gasteiger partial charge is 0.326 e. The zero-order chi connectivity index (χ0) is 23.7. The molecule has 2 N–H and O–H groups in total. The van der Waals surface area contributed by atoms with E-state index in [2.05, 4.69) is 20.0 Å². The molecule has 170 valence electrons. The quantitative estimate of drug-likeness (QED) is 0.407. The molecule has 2 heterocycles. The molecule has 1 aromatic carbocycles. The average Bonchev–Trinajstić information content (AvgIpc) is 2.97. The number of carbonyl (C=O) groups excluding carboxylic acids is 2. The van der Waals surface area contributed by atoms with E-state index >= 15 is 0 Å². The number of aromatic nitrogens is 3. The highest BCUT2D eigenvalue weighted by Gasteiger charge is 2.21. The Hall–Kier alpha value is -3.47. The highest BCUT2D eigenvalue weighted by molar-refractivity contribution is 7.92. The lowest BCUT2D eigenvalue weighted by atomic mass is 10.1. The lowest BCUT2D eigenvalue weighted by Gasteiger charge is -2.20. The Morgan fingerprint density at radius 3 is 2.34 bits per heavy atom. The van der Waals surface area contributed by atoms with E-state index in [1.54, 1.807) is 43.7 Å². The molecule has 2 aromatic heterocycles. The van der Waals surface area contributed by atoms with Crippen molar-refractivity contribution in [3.8, 4) is 0 Å². The number of Topliss-reactive ketones (excluding diaryl/α,β-unsaturated/α-hetero) is 1. The number of ketones is 1. The predicted octanol–water partition coefficient (Wildman–Crippen LogP) is 3.09. The minimum atomic E-state index is -3.61. The van der Waals surface area contributed by atoms with Gasteiger partial charge in [-0.2, -0.15) is 0 Å². The van der Waals surface area contributed by atoms with Gasteiger partial charge in [0.05, 0.1) is 41.2 Å². The molecule has 0 aliphatic heterocycles. The number of sulfonamides is 1. The highest BCUT2D eigenvalue weighted by atomic mass is 32.2. The molecule has 0 aliphatic carbocycles. The number of fused-ring (bicyclic) bond motifs is 1. The normalized spacial score (nSPS) is 11.9. The summed E-state index contributed by atoms with van der Waals surface area (Å²) in [5.41, 5.74) is 1.42. The summed E-state index contributed by atoms with van der Waals surface area (Å²) in [6.45, 7) is 6.60. The van der Waals surface area contributed by atoms with Gasteiger partial charge in [0.2, 0.25) is 10.0 Å². The van der Waals surface area contributed by atoms with Gasteiger partial charge in [-0.1, -0.05) is 0 Å². The Bertz CT molecular complexity index is 1280. The van der Waals surface area contributed by atoms with Crippen molar-refractivity contribution in [3.63, 3.8) is 0 Å². The van der Waals surface area contributed by atoms with Crippen LogP contribution in [0, 0.1) is 0 Å². The zero-order valence-electron chi connectivity index (χ0n) is 18.5. The van der Waals surface area contributed by atoms with Crippen LogP contribution in [-0.2, 0) is 26.1 Å². The first-order valence-electron chi connectivity index (χ1n) is 9.72. The molecule has 0 unspecified atom stereocenters. The van der Waals surface area contributed by atoms with Crippen LogP contribution in [0.25, 0.3) is 10.9 Å². The molecule has 0 amide bonds. The minimum Gasteiger partial charge on any atom is -0.459 e. The van der Waals surface area contributed by atoms with Gasteiger partial charge < -0.3 is 14.6 Å². The number of rotatable bonds is 7. The molecule has 3 rings (SSSR count). The molecule has 0 spiro atoms. The zero-order valence-corrected chi connectivity index (χ0v) is 19.3. The standard InChI is InChI=1S/C21H25N5O5S/c1-13(27)16-10-26(11-20(28)31-21(2,3)4)19-7-17(24-14-8-22-12-23-9-14)18(6-15(16)19)25-32(5,29)30/h6-10,12,24-25H,11H2,1-5H3. The molecule has 10 nitrogen and oxygen atoms in total. The van der Waals surface area contributed by atoms with E-state index in [0.717, 1.165) is 6.26 Å². The Kier molecular flexibility index (Phi) is 6.22. The van der Waals surface area contributed by atoms with Crippen LogP contribution in [0.2, 0.25) is 0 Å². The summed E-state index contributed by atoms with van der Waals surface area (Å²) in [5.74, 6) is -0.686. The molecule has 32 heavy (non-hydrogen) atoms. The maximum absolute atomic E-state index is 12.4. The summed E-state index contributed by atoms with van der Waals surface area (Å²) in [6, 6.07) is 3.22. The van der Waals surface area contributed by atoms with Gasteiger partial charge in [0.15, 0.2) is 5.78 Å². The Morgan fingerprint density at radius 2 is 1.78 bits per heavy atom. The van der Waals surface area contributed by atoms with Crippen molar-refractivity contribution in [2.45, 2.75) is 39.8 Å². The van der Waals surface area contributed by atoms with Crippen molar-refractivity contribution in [2.75, 3.05) is 16.3 Å². The number of benzene rings is 1. The summed E-state index contributed by atoms with van der Waals surface area (Å²) in [4.78, 5) is 32.6. The van der Waals surface area contributed by atoms with Crippen molar-refractivity contribution in [3.05, 3.63) is 42.6 Å². The Labute approximate surface area is 186 Å². The molecular weight excluding hydrogens is 434 g/mol. The SMILES string of the molecule is CC(=O)c1cn(CC(=O)OC(C)(C)C)c2cc(Nc3cncnc3)c(NS(C)(=O)=O)cc12. The molecule has 11 heteroatoms. The lowest BCUT2D eigenvalue weighted by molar-refractivity contribution is -0.155. The van der Waals surface area contributed by atoms with Gasteiger partial charge in [0.1, 0.15) is 18.5 Å². The van der Waals surface area contributed by atoms with Crippen LogP contribution >= 0.6 is 0 Å². The molecule has 0 atom stereocenters. The van der Waals surface area contributed by atoms with Crippen molar-refractivity contribution < 1.29 is 22.7 Å². The number of ether oxygens (including phenoxy) is 1. The van der Waals surface area contributed by atoms with Crippen molar-refractivity contribution in [1.82, 2.24) is 14.5 Å². The fourth-order valence-corrected chi connectivity index (χ4v) is 3.74. The number of hydrogen-bond donors (Lipinski definition) is 2. The van der Waals surface area contributed by atoms with E-state index in [4.69, 9.17) is 4.74 Å². The summed E-state index contributed by atoms with van der Waals surface area (Å²) in [7, 11) is -3.61. The van der Waals surface area contributed by atoms with Crippen LogP contribution in [0.3, 0.4) is 0 Å². The number of hydrogen-bond acceptors (Lipinski definition) is 8. The van der Waals surface area contributed by atoms with E-state index in [-0.39, 0.29) is 18.0 Å². The predicted molar refractivity (Wildman–Crippen MR) is 122 cm³/mol. The Balaban J connectivity index is 2.16. The third-order valence-electron chi connectivity index (χ3n) is 4.25. The van der Waals surface area contributed by atoms with Crippen molar-refractivity contribution in [2.24, 2.45) is 0 Å². The molecule has 0 bridgehead atoms. The summed E-state index contributed by atoms with van der Waals surface area (Å²) < 4.78 is 33.4. The number of esters is 1. The summed E-state index contributed by atoms with van der Waals surface area (Å²) >= 11 is 0. The monoisotopic (exact) mass is 459 g/mol. The summed E-state index contributed by atoms with van der Waals surface area (Å²) in [6.07, 6.45) is 7.03. The third kappa shape index (κ3) is 5.82. The van der Waals surface area contributed by atoms with E-state index < -0.39 is 21.6 Å². The molecule has 3 aromatic rings. The summed E-state index contributed by atoms with van der Waals surface area (Å²) in [5, 5.41) is 3.58. The topological polar surface area (TPSA) is 132 Å². The average molecular weight is 460 g/mol. The van der Waals surface area contributed by atoms with Gasteiger partial charge in [0.25, 0.3) is 0 Å². The molecule has 0 aliphatic rings. The fraction of sp³-hybridized carbons (Fsp3) is 0.333. The first-order valence-corrected chi connectivity index (χ1v) is 11.6. The second-order valence-electron chi connectivity index (χ2n) is 8.35. The molecule has 0 fully saturated rings. The molecular formula is C21H25N5O5S. The van der Waals surface area contributed by atoms with Crippen LogP contribution in [0.4, 0.5) is 17.1 Å². The van der Waals surface area contributed by atoms with Gasteiger partial charge in [-0.25, -0.2) is 18.4 Å². The molecule has 0 saturated heterocycles. The number of anilines is 3. The lowest BCUT2D eigenvalue weighted by Crippen LogP contribution is -2.26. The van der Waals surface area contributed by atoms with Crippen LogP contribution < -0.4 is 10.0 Å². The minimum absolute atomic E-state index is 0.117.